The molecule has 0 bridgehead atoms. The van der Waals surface area contributed by atoms with Crippen molar-refractivity contribution in [2.45, 2.75) is 30.7 Å². The summed E-state index contributed by atoms with van der Waals surface area (Å²) in [5.74, 6) is -2.67. The maximum absolute atomic E-state index is 11.5. The van der Waals surface area contributed by atoms with Crippen molar-refractivity contribution in [1.29, 1.82) is 0 Å². The number of phenolic OH excluding ortho intramolecular Hbond substituents is 2. The molecular weight excluding hydrogens is 328 g/mol. The Hall–Kier alpha value is -2.11. The molecule has 10 heteroatoms. The number of aliphatic hydroxyl groups excluding tert-OH is 4. The summed E-state index contributed by atoms with van der Waals surface area (Å²) in [5.41, 5.74) is -0.146. The van der Waals surface area contributed by atoms with Gasteiger partial charge in [-0.25, -0.2) is 4.79 Å². The Kier molecular flexibility index (Phi) is 5.47. The van der Waals surface area contributed by atoms with Crippen molar-refractivity contribution in [3.8, 4) is 17.2 Å². The molecule has 134 valence electrons. The van der Waals surface area contributed by atoms with Gasteiger partial charge in [0.15, 0.2) is 11.5 Å². The summed E-state index contributed by atoms with van der Waals surface area (Å²) in [7, 11) is 1.12. The number of hydrogen-bond donors (Lipinski definition) is 6. The van der Waals surface area contributed by atoms with Crippen molar-refractivity contribution in [3.05, 3.63) is 17.7 Å². The highest BCUT2D eigenvalue weighted by atomic mass is 16.7. The summed E-state index contributed by atoms with van der Waals surface area (Å²) in [6, 6.07) is 1.98. The minimum Gasteiger partial charge on any atom is -0.504 e. The predicted molar refractivity (Wildman–Crippen MR) is 75.5 cm³/mol. The van der Waals surface area contributed by atoms with Crippen molar-refractivity contribution >= 4 is 5.97 Å². The predicted octanol–water partition coefficient (Wildman–Crippen LogP) is -1.94. The van der Waals surface area contributed by atoms with Gasteiger partial charge in [0.25, 0.3) is 0 Å². The van der Waals surface area contributed by atoms with Crippen LogP contribution in [0.25, 0.3) is 0 Å². The van der Waals surface area contributed by atoms with Gasteiger partial charge in [-0.2, -0.15) is 0 Å². The lowest BCUT2D eigenvalue weighted by atomic mass is 9.99. The van der Waals surface area contributed by atoms with Crippen LogP contribution in [0.15, 0.2) is 12.1 Å². The third kappa shape index (κ3) is 3.37. The van der Waals surface area contributed by atoms with E-state index in [4.69, 9.17) is 14.6 Å². The van der Waals surface area contributed by atoms with Crippen molar-refractivity contribution in [2.24, 2.45) is 0 Å². The summed E-state index contributed by atoms with van der Waals surface area (Å²) >= 11 is 0. The van der Waals surface area contributed by atoms with Crippen molar-refractivity contribution in [2.75, 3.05) is 13.7 Å². The minimum atomic E-state index is -1.72. The highest BCUT2D eigenvalue weighted by Gasteiger charge is 2.45. The van der Waals surface area contributed by atoms with E-state index < -0.39 is 60.5 Å². The molecule has 0 amide bonds. The monoisotopic (exact) mass is 346 g/mol. The van der Waals surface area contributed by atoms with Gasteiger partial charge in [-0.15, -0.1) is 0 Å². The van der Waals surface area contributed by atoms with Gasteiger partial charge in [0.2, 0.25) is 12.0 Å². The molecule has 1 aromatic rings. The lowest BCUT2D eigenvalue weighted by Crippen LogP contribution is -2.60. The van der Waals surface area contributed by atoms with Gasteiger partial charge in [0.1, 0.15) is 24.4 Å². The normalized spacial score (nSPS) is 30.0. The number of rotatable bonds is 4. The van der Waals surface area contributed by atoms with Crippen molar-refractivity contribution in [1.82, 2.24) is 0 Å². The number of carbonyl (C=O) groups excluding carboxylic acids is 1. The first-order valence-electron chi connectivity index (χ1n) is 6.91. The minimum absolute atomic E-state index is 0.146. The van der Waals surface area contributed by atoms with E-state index in [1.165, 1.54) is 0 Å². The first-order chi connectivity index (χ1) is 11.3. The highest BCUT2D eigenvalue weighted by molar-refractivity contribution is 5.91. The van der Waals surface area contributed by atoms with Crippen molar-refractivity contribution in [3.63, 3.8) is 0 Å². The fourth-order valence-electron chi connectivity index (χ4n) is 2.21. The molecule has 0 unspecified atom stereocenters. The van der Waals surface area contributed by atoms with E-state index in [2.05, 4.69) is 4.74 Å². The SMILES string of the molecule is COC(=O)c1cc(O)c(O)c(O[C@@H]2O[C@H](CO)[C@@H](O)[C@H](O)[C@H]2O)c1. The van der Waals surface area contributed by atoms with Crippen LogP contribution in [0.1, 0.15) is 10.4 Å². The van der Waals surface area contributed by atoms with Gasteiger partial charge < -0.3 is 44.8 Å². The second-order valence-electron chi connectivity index (χ2n) is 5.15. The van der Waals surface area contributed by atoms with Gasteiger partial charge in [0.05, 0.1) is 19.3 Å². The van der Waals surface area contributed by atoms with E-state index in [0.717, 1.165) is 19.2 Å². The zero-order valence-electron chi connectivity index (χ0n) is 12.6. The molecule has 5 atom stereocenters. The molecule has 1 fully saturated rings. The number of aliphatic hydroxyl groups is 4. The quantitative estimate of drug-likeness (QED) is 0.267. The van der Waals surface area contributed by atoms with Gasteiger partial charge in [0, 0.05) is 0 Å². The fraction of sp³-hybridized carbons (Fsp3) is 0.500. The van der Waals surface area contributed by atoms with Crippen molar-refractivity contribution < 1.29 is 49.6 Å². The maximum atomic E-state index is 11.5. The third-order valence-corrected chi connectivity index (χ3v) is 3.57. The van der Waals surface area contributed by atoms with Gasteiger partial charge in [-0.1, -0.05) is 0 Å². The Balaban J connectivity index is 2.29. The van der Waals surface area contributed by atoms with Crippen LogP contribution in [0.2, 0.25) is 0 Å². The Morgan fingerprint density at radius 1 is 1.17 bits per heavy atom. The molecule has 2 rings (SSSR count). The van der Waals surface area contributed by atoms with Crippen LogP contribution in [0, 0.1) is 0 Å². The molecule has 0 aliphatic carbocycles. The first kappa shape index (κ1) is 18.2. The molecular formula is C14H18O10. The molecule has 10 nitrogen and oxygen atoms in total. The molecule has 0 radical (unpaired) electrons. The molecule has 1 heterocycles. The van der Waals surface area contributed by atoms with E-state index in [1.807, 2.05) is 0 Å². The molecule has 6 N–H and O–H groups in total. The Morgan fingerprint density at radius 3 is 2.42 bits per heavy atom. The number of carbonyl (C=O) groups is 1. The lowest BCUT2D eigenvalue weighted by molar-refractivity contribution is -0.277. The summed E-state index contributed by atoms with van der Waals surface area (Å²) in [5, 5.41) is 57.8. The van der Waals surface area contributed by atoms with Crippen LogP contribution in [0.3, 0.4) is 0 Å². The van der Waals surface area contributed by atoms with Crippen LogP contribution in [-0.2, 0) is 9.47 Å². The maximum Gasteiger partial charge on any atom is 0.338 e. The fourth-order valence-corrected chi connectivity index (χ4v) is 2.21. The standard InChI is InChI=1S/C14H18O10/c1-22-13(21)5-2-6(16)9(17)7(3-5)23-14-12(20)11(19)10(18)8(4-15)24-14/h2-3,8,10-12,14-20H,4H2,1H3/t8-,10-,11+,12-,14-/m1/s1. The summed E-state index contributed by atoms with van der Waals surface area (Å²) < 4.78 is 14.8. The number of ether oxygens (including phenoxy) is 3. The molecule has 1 aliphatic rings. The van der Waals surface area contributed by atoms with Crippen LogP contribution in [-0.4, -0.2) is 81.0 Å². The molecule has 0 aromatic heterocycles. The number of phenols is 2. The summed E-state index contributed by atoms with van der Waals surface area (Å²) in [6.07, 6.45) is -7.77. The molecule has 1 aromatic carbocycles. The van der Waals surface area contributed by atoms with Crippen LogP contribution < -0.4 is 4.74 Å². The van der Waals surface area contributed by atoms with Crippen LogP contribution in [0.5, 0.6) is 17.2 Å². The lowest BCUT2D eigenvalue weighted by Gasteiger charge is -2.39. The zero-order chi connectivity index (χ0) is 18.0. The van der Waals surface area contributed by atoms with Gasteiger partial charge in [-0.05, 0) is 12.1 Å². The molecule has 1 aliphatic heterocycles. The highest BCUT2D eigenvalue weighted by Crippen LogP contribution is 2.38. The van der Waals surface area contributed by atoms with Crippen LogP contribution in [0.4, 0.5) is 0 Å². The number of esters is 1. The molecule has 0 saturated carbocycles. The first-order valence-corrected chi connectivity index (χ1v) is 6.91. The van der Waals surface area contributed by atoms with Gasteiger partial charge in [-0.3, -0.25) is 0 Å². The summed E-state index contributed by atoms with van der Waals surface area (Å²) in [4.78, 5) is 11.5. The zero-order valence-corrected chi connectivity index (χ0v) is 12.6. The van der Waals surface area contributed by atoms with Crippen LogP contribution >= 0.6 is 0 Å². The Bertz CT molecular complexity index is 601. The molecule has 0 spiro atoms. The second-order valence-corrected chi connectivity index (χ2v) is 5.15. The number of hydrogen-bond acceptors (Lipinski definition) is 10. The average molecular weight is 346 g/mol. The van der Waals surface area contributed by atoms with E-state index in [0.29, 0.717) is 0 Å². The molecule has 24 heavy (non-hydrogen) atoms. The molecule has 1 saturated heterocycles. The number of methoxy groups -OCH3 is 1. The van der Waals surface area contributed by atoms with E-state index in [1.54, 1.807) is 0 Å². The average Bonchev–Trinajstić information content (AvgIpc) is 2.58. The topological polar surface area (TPSA) is 166 Å². The largest absolute Gasteiger partial charge is 0.504 e. The Morgan fingerprint density at radius 2 is 1.83 bits per heavy atom. The van der Waals surface area contributed by atoms with E-state index in [9.17, 15) is 30.3 Å². The number of aromatic hydroxyl groups is 2. The van der Waals surface area contributed by atoms with Gasteiger partial charge >= 0.3 is 5.97 Å². The van der Waals surface area contributed by atoms with E-state index in [-0.39, 0.29) is 5.56 Å². The van der Waals surface area contributed by atoms with E-state index >= 15 is 0 Å². The smallest absolute Gasteiger partial charge is 0.338 e. The number of benzene rings is 1. The Labute approximate surface area is 136 Å². The summed E-state index contributed by atoms with van der Waals surface area (Å²) in [6.45, 7) is -0.662. The second kappa shape index (κ2) is 7.20. The third-order valence-electron chi connectivity index (χ3n) is 3.57.